The molecule has 0 amide bonds. The Morgan fingerprint density at radius 2 is 2.29 bits per heavy atom. The van der Waals surface area contributed by atoms with E-state index in [1.54, 1.807) is 0 Å². The van der Waals surface area contributed by atoms with Crippen LogP contribution < -0.4 is 0 Å². The standard InChI is InChI=1S/C14H17BrN2/c1-3-10-4-6-12-13(8-10)17-9(2)11(15)5-7-14(17)16-12/h5,7,10H,3-4,6,8H2,1-2H3. The smallest absolute Gasteiger partial charge is 0.137 e. The maximum absolute atomic E-state index is 4.77. The van der Waals surface area contributed by atoms with Crippen molar-refractivity contribution in [3.63, 3.8) is 0 Å². The van der Waals surface area contributed by atoms with Crippen molar-refractivity contribution in [2.45, 2.75) is 39.5 Å². The third-order valence-corrected chi connectivity index (χ3v) is 4.83. The van der Waals surface area contributed by atoms with Gasteiger partial charge in [0.25, 0.3) is 0 Å². The second-order valence-electron chi connectivity index (χ2n) is 4.98. The summed E-state index contributed by atoms with van der Waals surface area (Å²) in [5, 5.41) is 0. The highest BCUT2D eigenvalue weighted by Gasteiger charge is 2.23. The average molecular weight is 293 g/mol. The molecule has 0 spiro atoms. The van der Waals surface area contributed by atoms with Gasteiger partial charge in [0.1, 0.15) is 5.65 Å². The minimum absolute atomic E-state index is 0.834. The van der Waals surface area contributed by atoms with Crippen molar-refractivity contribution in [1.29, 1.82) is 0 Å². The SMILES string of the molecule is CCC1CCc2nc3ccc(Br)c(C)n3c2C1. The minimum atomic E-state index is 0.834. The summed E-state index contributed by atoms with van der Waals surface area (Å²) in [6.07, 6.45) is 4.91. The minimum Gasteiger partial charge on any atom is -0.300 e. The monoisotopic (exact) mass is 292 g/mol. The molecule has 17 heavy (non-hydrogen) atoms. The van der Waals surface area contributed by atoms with E-state index in [9.17, 15) is 0 Å². The van der Waals surface area contributed by atoms with Crippen LogP contribution in [0, 0.1) is 12.8 Å². The third kappa shape index (κ3) is 1.71. The van der Waals surface area contributed by atoms with E-state index in [4.69, 9.17) is 4.98 Å². The Hall–Kier alpha value is -0.830. The van der Waals surface area contributed by atoms with Gasteiger partial charge >= 0.3 is 0 Å². The number of aryl methyl sites for hydroxylation is 2. The number of halogens is 1. The van der Waals surface area contributed by atoms with E-state index in [1.807, 2.05) is 0 Å². The fourth-order valence-electron chi connectivity index (χ4n) is 2.86. The molecule has 0 saturated heterocycles. The molecule has 0 aliphatic heterocycles. The number of pyridine rings is 1. The van der Waals surface area contributed by atoms with Gasteiger partial charge in [-0.05, 0) is 60.2 Å². The molecular weight excluding hydrogens is 276 g/mol. The molecule has 3 rings (SSSR count). The van der Waals surface area contributed by atoms with Crippen LogP contribution >= 0.6 is 15.9 Å². The first kappa shape index (κ1) is 11.3. The second-order valence-corrected chi connectivity index (χ2v) is 5.84. The number of imidazole rings is 1. The van der Waals surface area contributed by atoms with Crippen molar-refractivity contribution in [2.75, 3.05) is 0 Å². The van der Waals surface area contributed by atoms with Crippen LogP contribution in [0.3, 0.4) is 0 Å². The Morgan fingerprint density at radius 1 is 1.47 bits per heavy atom. The van der Waals surface area contributed by atoms with Gasteiger partial charge in [-0.15, -0.1) is 0 Å². The summed E-state index contributed by atoms with van der Waals surface area (Å²) in [7, 11) is 0. The molecule has 0 bridgehead atoms. The molecule has 2 aromatic heterocycles. The van der Waals surface area contributed by atoms with Crippen molar-refractivity contribution >= 4 is 21.6 Å². The molecule has 0 saturated carbocycles. The zero-order valence-electron chi connectivity index (χ0n) is 10.3. The predicted molar refractivity (Wildman–Crippen MR) is 73.4 cm³/mol. The Bertz CT molecular complexity index is 571. The van der Waals surface area contributed by atoms with Gasteiger partial charge in [-0.2, -0.15) is 0 Å². The van der Waals surface area contributed by atoms with Crippen LogP contribution in [0.2, 0.25) is 0 Å². The van der Waals surface area contributed by atoms with Gasteiger partial charge in [0.15, 0.2) is 0 Å². The van der Waals surface area contributed by atoms with Gasteiger partial charge in [0.05, 0.1) is 5.69 Å². The predicted octanol–water partition coefficient (Wildman–Crippen LogP) is 3.92. The summed E-state index contributed by atoms with van der Waals surface area (Å²) in [6, 6.07) is 4.21. The molecule has 90 valence electrons. The van der Waals surface area contributed by atoms with Crippen molar-refractivity contribution in [3.05, 3.63) is 33.7 Å². The molecule has 0 radical (unpaired) electrons. The molecule has 2 heterocycles. The molecule has 1 aliphatic carbocycles. The Labute approximate surface area is 110 Å². The molecule has 2 aromatic rings. The highest BCUT2D eigenvalue weighted by Crippen LogP contribution is 2.30. The number of rotatable bonds is 1. The lowest BCUT2D eigenvalue weighted by Gasteiger charge is -2.20. The Balaban J connectivity index is 2.22. The largest absolute Gasteiger partial charge is 0.300 e. The average Bonchev–Trinajstić information content (AvgIpc) is 2.71. The van der Waals surface area contributed by atoms with Crippen LogP contribution in [0.4, 0.5) is 0 Å². The summed E-state index contributed by atoms with van der Waals surface area (Å²) >= 11 is 3.61. The molecule has 1 aliphatic rings. The molecule has 3 heteroatoms. The zero-order valence-corrected chi connectivity index (χ0v) is 11.9. The summed E-state index contributed by atoms with van der Waals surface area (Å²) in [5.41, 5.74) is 5.13. The zero-order chi connectivity index (χ0) is 12.0. The fourth-order valence-corrected chi connectivity index (χ4v) is 3.16. The molecule has 1 unspecified atom stereocenters. The summed E-state index contributed by atoms with van der Waals surface area (Å²) in [6.45, 7) is 4.45. The van der Waals surface area contributed by atoms with Gasteiger partial charge in [0.2, 0.25) is 0 Å². The van der Waals surface area contributed by atoms with E-state index in [-0.39, 0.29) is 0 Å². The summed E-state index contributed by atoms with van der Waals surface area (Å²) < 4.78 is 3.50. The number of fused-ring (bicyclic) bond motifs is 3. The second kappa shape index (κ2) is 4.13. The van der Waals surface area contributed by atoms with Crippen molar-refractivity contribution in [1.82, 2.24) is 9.38 Å². The molecular formula is C14H17BrN2. The molecule has 0 N–H and O–H groups in total. The van der Waals surface area contributed by atoms with E-state index in [0.29, 0.717) is 0 Å². The Morgan fingerprint density at radius 3 is 3.06 bits per heavy atom. The lowest BCUT2D eigenvalue weighted by molar-refractivity contribution is 0.435. The maximum atomic E-state index is 4.77. The molecule has 0 aromatic carbocycles. The normalized spacial score (nSPS) is 19.6. The van der Waals surface area contributed by atoms with Gasteiger partial charge in [0, 0.05) is 15.9 Å². The van der Waals surface area contributed by atoms with Crippen LogP contribution in [0.1, 0.15) is 36.8 Å². The Kier molecular flexibility index (Phi) is 2.74. The first-order valence-corrected chi connectivity index (χ1v) is 7.15. The highest BCUT2D eigenvalue weighted by atomic mass is 79.9. The number of nitrogens with zero attached hydrogens (tertiary/aromatic N) is 2. The van der Waals surface area contributed by atoms with E-state index in [0.717, 1.165) is 18.0 Å². The maximum Gasteiger partial charge on any atom is 0.137 e. The lowest BCUT2D eigenvalue weighted by atomic mass is 9.88. The van der Waals surface area contributed by atoms with Gasteiger partial charge in [-0.1, -0.05) is 13.3 Å². The van der Waals surface area contributed by atoms with Gasteiger partial charge in [-0.3, -0.25) is 4.40 Å². The van der Waals surface area contributed by atoms with Gasteiger partial charge < -0.3 is 0 Å². The van der Waals surface area contributed by atoms with E-state index in [1.165, 1.54) is 40.8 Å². The van der Waals surface area contributed by atoms with Gasteiger partial charge in [-0.25, -0.2) is 4.98 Å². The van der Waals surface area contributed by atoms with Crippen molar-refractivity contribution < 1.29 is 0 Å². The van der Waals surface area contributed by atoms with Crippen LogP contribution in [0.5, 0.6) is 0 Å². The summed E-state index contributed by atoms with van der Waals surface area (Å²) in [4.78, 5) is 4.77. The number of aromatic nitrogens is 2. The molecule has 2 nitrogen and oxygen atoms in total. The quantitative estimate of drug-likeness (QED) is 0.779. The van der Waals surface area contributed by atoms with Crippen LogP contribution in [0.25, 0.3) is 5.65 Å². The highest BCUT2D eigenvalue weighted by molar-refractivity contribution is 9.10. The fraction of sp³-hybridized carbons (Fsp3) is 0.500. The van der Waals surface area contributed by atoms with Crippen molar-refractivity contribution in [3.8, 4) is 0 Å². The molecule has 1 atom stereocenters. The topological polar surface area (TPSA) is 17.3 Å². The first-order valence-electron chi connectivity index (χ1n) is 6.36. The number of hydrogen-bond donors (Lipinski definition) is 0. The third-order valence-electron chi connectivity index (χ3n) is 3.99. The van der Waals surface area contributed by atoms with Crippen LogP contribution in [-0.2, 0) is 12.8 Å². The van der Waals surface area contributed by atoms with E-state index >= 15 is 0 Å². The van der Waals surface area contributed by atoms with Crippen molar-refractivity contribution in [2.24, 2.45) is 5.92 Å². The van der Waals surface area contributed by atoms with E-state index < -0.39 is 0 Å². The van der Waals surface area contributed by atoms with Crippen LogP contribution in [-0.4, -0.2) is 9.38 Å². The number of hydrogen-bond acceptors (Lipinski definition) is 1. The van der Waals surface area contributed by atoms with Crippen LogP contribution in [0.15, 0.2) is 16.6 Å². The summed E-state index contributed by atoms with van der Waals surface area (Å²) in [5.74, 6) is 0.834. The lowest BCUT2D eigenvalue weighted by Crippen LogP contribution is -2.15. The first-order chi connectivity index (χ1) is 8.20. The van der Waals surface area contributed by atoms with E-state index in [2.05, 4.69) is 46.3 Å². The molecule has 0 fully saturated rings.